The zero-order valence-electron chi connectivity index (χ0n) is 17.0. The van der Waals surface area contributed by atoms with Crippen LogP contribution in [0.5, 0.6) is 11.5 Å². The number of fused-ring (bicyclic) bond motifs is 1. The maximum Gasteiger partial charge on any atom is 0.253 e. The van der Waals surface area contributed by atoms with E-state index in [4.69, 9.17) is 9.47 Å². The predicted molar refractivity (Wildman–Crippen MR) is 109 cm³/mol. The van der Waals surface area contributed by atoms with Gasteiger partial charge in [0.05, 0.1) is 5.92 Å². The van der Waals surface area contributed by atoms with E-state index in [1.807, 2.05) is 30.0 Å². The Labute approximate surface area is 175 Å². The number of hydrogen-bond donors (Lipinski definition) is 0. The van der Waals surface area contributed by atoms with Crippen LogP contribution >= 0.6 is 0 Å². The number of rotatable bonds is 5. The van der Waals surface area contributed by atoms with Crippen LogP contribution < -0.4 is 9.47 Å². The topological polar surface area (TPSA) is 59.1 Å². The first-order valence-corrected chi connectivity index (χ1v) is 10.3. The molecule has 0 saturated carbocycles. The van der Waals surface area contributed by atoms with Gasteiger partial charge in [-0.3, -0.25) is 9.59 Å². The summed E-state index contributed by atoms with van der Waals surface area (Å²) in [6.45, 7) is 4.22. The van der Waals surface area contributed by atoms with Crippen molar-refractivity contribution in [3.63, 3.8) is 0 Å². The van der Waals surface area contributed by atoms with Crippen molar-refractivity contribution in [1.29, 1.82) is 0 Å². The number of amides is 2. The molecule has 0 N–H and O–H groups in total. The normalized spacial score (nSPS) is 17.7. The quantitative estimate of drug-likeness (QED) is 0.755. The average Bonchev–Trinajstić information content (AvgIpc) is 3.25. The van der Waals surface area contributed by atoms with Crippen LogP contribution in [-0.4, -0.2) is 48.0 Å². The Morgan fingerprint density at radius 3 is 2.67 bits per heavy atom. The summed E-state index contributed by atoms with van der Waals surface area (Å²) in [7, 11) is 0. The molecule has 0 spiro atoms. The van der Waals surface area contributed by atoms with Gasteiger partial charge < -0.3 is 19.3 Å². The molecular weight excluding hydrogens is 387 g/mol. The minimum Gasteiger partial charge on any atom is -0.454 e. The number of hydrogen-bond acceptors (Lipinski definition) is 4. The van der Waals surface area contributed by atoms with Gasteiger partial charge in [0.2, 0.25) is 12.7 Å². The fourth-order valence-corrected chi connectivity index (χ4v) is 4.00. The molecular formula is C23H25FN2O4. The lowest BCUT2D eigenvalue weighted by molar-refractivity contribution is -0.137. The minimum atomic E-state index is -0.375. The summed E-state index contributed by atoms with van der Waals surface area (Å²) in [5.41, 5.74) is 1.42. The molecule has 0 aromatic heterocycles. The highest BCUT2D eigenvalue weighted by molar-refractivity contribution is 5.94. The fraction of sp³-hybridized carbons (Fsp3) is 0.391. The molecule has 158 valence electrons. The Kier molecular flexibility index (Phi) is 5.88. The molecule has 7 heteroatoms. The molecule has 6 nitrogen and oxygen atoms in total. The van der Waals surface area contributed by atoms with E-state index in [0.29, 0.717) is 37.5 Å². The highest BCUT2D eigenvalue weighted by Crippen LogP contribution is 2.33. The number of carbonyl (C=O) groups excluding carboxylic acids is 2. The van der Waals surface area contributed by atoms with E-state index in [-0.39, 0.29) is 30.3 Å². The van der Waals surface area contributed by atoms with Gasteiger partial charge in [0, 0.05) is 31.7 Å². The first-order valence-electron chi connectivity index (χ1n) is 10.3. The third kappa shape index (κ3) is 4.25. The van der Waals surface area contributed by atoms with Gasteiger partial charge >= 0.3 is 0 Å². The Morgan fingerprint density at radius 1 is 1.13 bits per heavy atom. The maximum atomic E-state index is 13.2. The van der Waals surface area contributed by atoms with Crippen molar-refractivity contribution in [3.8, 4) is 11.5 Å². The summed E-state index contributed by atoms with van der Waals surface area (Å²) in [4.78, 5) is 29.5. The van der Waals surface area contributed by atoms with Gasteiger partial charge in [0.25, 0.3) is 5.91 Å². The second kappa shape index (κ2) is 8.73. The summed E-state index contributed by atoms with van der Waals surface area (Å²) in [6, 6.07) is 11.2. The molecule has 2 aliphatic heterocycles. The number of nitrogens with zero attached hydrogens (tertiary/aromatic N) is 2. The lowest BCUT2D eigenvalue weighted by atomic mass is 9.95. The van der Waals surface area contributed by atoms with Crippen LogP contribution in [-0.2, 0) is 11.3 Å². The third-order valence-electron chi connectivity index (χ3n) is 5.65. The highest BCUT2D eigenvalue weighted by Gasteiger charge is 2.31. The number of piperidine rings is 1. The van der Waals surface area contributed by atoms with Gasteiger partial charge in [-0.1, -0.05) is 6.07 Å². The van der Waals surface area contributed by atoms with Crippen LogP contribution in [0.15, 0.2) is 42.5 Å². The molecule has 2 amide bonds. The first kappa shape index (κ1) is 20.2. The second-order valence-electron chi connectivity index (χ2n) is 7.64. The van der Waals surface area contributed by atoms with Crippen LogP contribution in [0.4, 0.5) is 4.39 Å². The van der Waals surface area contributed by atoms with Crippen LogP contribution in [0.25, 0.3) is 0 Å². The molecule has 30 heavy (non-hydrogen) atoms. The third-order valence-corrected chi connectivity index (χ3v) is 5.65. The largest absolute Gasteiger partial charge is 0.454 e. The summed E-state index contributed by atoms with van der Waals surface area (Å²) in [5.74, 6) is 0.690. The van der Waals surface area contributed by atoms with E-state index >= 15 is 0 Å². The van der Waals surface area contributed by atoms with E-state index in [1.165, 1.54) is 24.3 Å². The predicted octanol–water partition coefficient (Wildman–Crippen LogP) is 3.46. The minimum absolute atomic E-state index is 0.0479. The zero-order valence-corrected chi connectivity index (χ0v) is 17.0. The molecule has 2 heterocycles. The highest BCUT2D eigenvalue weighted by atomic mass is 19.1. The van der Waals surface area contributed by atoms with Gasteiger partial charge in [0.1, 0.15) is 5.82 Å². The SMILES string of the molecule is CCN(Cc1ccc2c(c1)OCO2)C(=O)C1CCCN(C(=O)c2ccc(F)cc2)C1. The van der Waals surface area contributed by atoms with Crippen molar-refractivity contribution < 1.29 is 23.5 Å². The first-order chi connectivity index (χ1) is 14.5. The van der Waals surface area contributed by atoms with Crippen molar-refractivity contribution in [1.82, 2.24) is 9.80 Å². The Morgan fingerprint density at radius 2 is 1.90 bits per heavy atom. The Hall–Kier alpha value is -3.09. The molecule has 0 bridgehead atoms. The molecule has 4 rings (SSSR count). The summed E-state index contributed by atoms with van der Waals surface area (Å²) >= 11 is 0. The van der Waals surface area contributed by atoms with E-state index in [9.17, 15) is 14.0 Å². The van der Waals surface area contributed by atoms with Crippen molar-refractivity contribution in [2.24, 2.45) is 5.92 Å². The fourth-order valence-electron chi connectivity index (χ4n) is 4.00. The molecule has 0 radical (unpaired) electrons. The standard InChI is InChI=1S/C23H25FN2O4/c1-2-25(13-16-5-10-20-21(12-16)30-15-29-20)23(28)18-4-3-11-26(14-18)22(27)17-6-8-19(24)9-7-17/h5-10,12,18H,2-4,11,13-15H2,1H3. The molecule has 1 saturated heterocycles. The van der Waals surface area contributed by atoms with Gasteiger partial charge in [0.15, 0.2) is 11.5 Å². The second-order valence-corrected chi connectivity index (χ2v) is 7.64. The van der Waals surface area contributed by atoms with Gasteiger partial charge in [-0.25, -0.2) is 4.39 Å². The lowest BCUT2D eigenvalue weighted by Gasteiger charge is -2.35. The number of likely N-dealkylation sites (tertiary alicyclic amines) is 1. The van der Waals surface area contributed by atoms with Crippen molar-refractivity contribution in [2.75, 3.05) is 26.4 Å². The zero-order chi connectivity index (χ0) is 21.1. The summed E-state index contributed by atoms with van der Waals surface area (Å²) in [6.07, 6.45) is 1.52. The van der Waals surface area contributed by atoms with Gasteiger partial charge in [-0.05, 0) is 61.7 Å². The summed E-state index contributed by atoms with van der Waals surface area (Å²) < 4.78 is 23.9. The number of halogens is 1. The molecule has 1 atom stereocenters. The van der Waals surface area contributed by atoms with Crippen molar-refractivity contribution in [3.05, 3.63) is 59.4 Å². The van der Waals surface area contributed by atoms with E-state index < -0.39 is 0 Å². The number of carbonyl (C=O) groups is 2. The van der Waals surface area contributed by atoms with Crippen molar-refractivity contribution >= 4 is 11.8 Å². The van der Waals surface area contributed by atoms with Crippen LogP contribution in [0.1, 0.15) is 35.7 Å². The van der Waals surface area contributed by atoms with Crippen LogP contribution in [0.3, 0.4) is 0 Å². The van der Waals surface area contributed by atoms with Gasteiger partial charge in [-0.15, -0.1) is 0 Å². The van der Waals surface area contributed by atoms with E-state index in [2.05, 4.69) is 0 Å². The molecule has 2 aromatic carbocycles. The van der Waals surface area contributed by atoms with Gasteiger partial charge in [-0.2, -0.15) is 0 Å². The molecule has 1 unspecified atom stereocenters. The monoisotopic (exact) mass is 412 g/mol. The maximum absolute atomic E-state index is 13.2. The summed E-state index contributed by atoms with van der Waals surface area (Å²) in [5, 5.41) is 0. The molecule has 2 aromatic rings. The lowest BCUT2D eigenvalue weighted by Crippen LogP contribution is -2.46. The van der Waals surface area contributed by atoms with Crippen molar-refractivity contribution in [2.45, 2.75) is 26.3 Å². The molecule has 1 fully saturated rings. The van der Waals surface area contributed by atoms with Crippen LogP contribution in [0.2, 0.25) is 0 Å². The average molecular weight is 412 g/mol. The molecule has 0 aliphatic carbocycles. The smallest absolute Gasteiger partial charge is 0.253 e. The Bertz CT molecular complexity index is 931. The van der Waals surface area contributed by atoms with E-state index in [1.54, 1.807) is 4.90 Å². The molecule has 2 aliphatic rings. The van der Waals surface area contributed by atoms with E-state index in [0.717, 1.165) is 24.2 Å². The Balaban J connectivity index is 1.42. The number of ether oxygens (including phenoxy) is 2. The number of benzene rings is 2. The van der Waals surface area contributed by atoms with Crippen LogP contribution in [0, 0.1) is 11.7 Å².